The van der Waals surface area contributed by atoms with Crippen molar-refractivity contribution < 1.29 is 4.79 Å². The highest BCUT2D eigenvalue weighted by Crippen LogP contribution is 2.31. The largest absolute Gasteiger partial charge is 0.397 e. The maximum atomic E-state index is 12.3. The zero-order valence-electron chi connectivity index (χ0n) is 12.0. The molecule has 3 heterocycles. The normalized spacial score (nSPS) is 19.2. The number of hydrogen-bond acceptors (Lipinski definition) is 6. The Hall–Kier alpha value is -1.73. The molecule has 0 aliphatic carbocycles. The number of carbonyl (C=O) groups excluding carboxylic acids is 1. The number of likely N-dealkylation sites (tertiary alicyclic amines) is 1. The summed E-state index contributed by atoms with van der Waals surface area (Å²) in [5.41, 5.74) is 6.55. The van der Waals surface area contributed by atoms with Crippen LogP contribution in [0.3, 0.4) is 0 Å². The van der Waals surface area contributed by atoms with Gasteiger partial charge in [0, 0.05) is 18.0 Å². The van der Waals surface area contributed by atoms with Gasteiger partial charge in [-0.1, -0.05) is 6.92 Å². The van der Waals surface area contributed by atoms with Gasteiger partial charge in [-0.25, -0.2) is 0 Å². The van der Waals surface area contributed by atoms with Gasteiger partial charge < -0.3 is 11.1 Å². The maximum absolute atomic E-state index is 12.3. The van der Waals surface area contributed by atoms with Crippen molar-refractivity contribution in [3.8, 4) is 0 Å². The van der Waals surface area contributed by atoms with E-state index in [0.29, 0.717) is 28.0 Å². The van der Waals surface area contributed by atoms with E-state index < -0.39 is 0 Å². The molecule has 7 heteroatoms. The molecule has 1 unspecified atom stereocenters. The monoisotopic (exact) mass is 305 g/mol. The minimum atomic E-state index is -0.113. The van der Waals surface area contributed by atoms with Crippen LogP contribution in [0.25, 0.3) is 10.2 Å². The van der Waals surface area contributed by atoms with E-state index in [1.807, 2.05) is 0 Å². The van der Waals surface area contributed by atoms with Crippen molar-refractivity contribution in [1.29, 1.82) is 0 Å². The molecule has 0 aromatic carbocycles. The Labute approximate surface area is 127 Å². The Kier molecular flexibility index (Phi) is 4.03. The molecule has 1 saturated heterocycles. The third-order valence-electron chi connectivity index (χ3n) is 4.03. The van der Waals surface area contributed by atoms with Gasteiger partial charge in [0.05, 0.1) is 11.9 Å². The van der Waals surface area contributed by atoms with Crippen LogP contribution in [-0.2, 0) is 0 Å². The van der Waals surface area contributed by atoms with E-state index in [2.05, 4.69) is 27.3 Å². The highest BCUT2D eigenvalue weighted by molar-refractivity contribution is 7.21. The van der Waals surface area contributed by atoms with Crippen molar-refractivity contribution in [2.45, 2.75) is 25.8 Å². The smallest absolute Gasteiger partial charge is 0.263 e. The lowest BCUT2D eigenvalue weighted by Crippen LogP contribution is -2.39. The number of aromatic nitrogens is 2. The molecule has 2 aromatic heterocycles. The number of nitrogens with one attached hydrogen (secondary N) is 1. The number of nitrogen functional groups attached to an aromatic ring is 1. The molecule has 1 amide bonds. The average Bonchev–Trinajstić information content (AvgIpc) is 3.09. The summed E-state index contributed by atoms with van der Waals surface area (Å²) >= 11 is 1.30. The van der Waals surface area contributed by atoms with Crippen LogP contribution in [0.1, 0.15) is 29.4 Å². The summed E-state index contributed by atoms with van der Waals surface area (Å²) in [6.45, 7) is 4.98. The van der Waals surface area contributed by atoms with E-state index >= 15 is 0 Å². The van der Waals surface area contributed by atoms with Gasteiger partial charge in [0.2, 0.25) is 0 Å². The van der Waals surface area contributed by atoms with Crippen molar-refractivity contribution in [2.75, 3.05) is 25.4 Å². The SMILES string of the molecule is CCN1CCCC1CNC(=O)c1sc2nnccc2c1N. The number of rotatable bonds is 4. The summed E-state index contributed by atoms with van der Waals surface area (Å²) in [5.74, 6) is -0.113. The Morgan fingerprint density at radius 3 is 3.24 bits per heavy atom. The Bertz CT molecular complexity index is 656. The van der Waals surface area contributed by atoms with Gasteiger partial charge in [0.15, 0.2) is 0 Å². The lowest BCUT2D eigenvalue weighted by Gasteiger charge is -2.22. The second-order valence-corrected chi connectivity index (χ2v) is 6.23. The minimum Gasteiger partial charge on any atom is -0.397 e. The van der Waals surface area contributed by atoms with Crippen LogP contribution in [0, 0.1) is 0 Å². The lowest BCUT2D eigenvalue weighted by molar-refractivity contribution is 0.0946. The fourth-order valence-corrected chi connectivity index (χ4v) is 3.83. The first-order valence-electron chi connectivity index (χ1n) is 7.22. The van der Waals surface area contributed by atoms with Crippen LogP contribution < -0.4 is 11.1 Å². The van der Waals surface area contributed by atoms with Gasteiger partial charge in [-0.15, -0.1) is 16.4 Å². The van der Waals surface area contributed by atoms with Crippen LogP contribution in [0.15, 0.2) is 12.3 Å². The molecule has 21 heavy (non-hydrogen) atoms. The van der Waals surface area contributed by atoms with Gasteiger partial charge in [-0.3, -0.25) is 9.69 Å². The molecule has 1 aliphatic rings. The molecule has 6 nitrogen and oxygen atoms in total. The fourth-order valence-electron chi connectivity index (χ4n) is 2.88. The molecule has 1 fully saturated rings. The van der Waals surface area contributed by atoms with E-state index in [1.54, 1.807) is 12.3 Å². The Balaban J connectivity index is 1.71. The minimum absolute atomic E-state index is 0.113. The Morgan fingerprint density at radius 1 is 1.62 bits per heavy atom. The van der Waals surface area contributed by atoms with E-state index in [0.717, 1.165) is 24.9 Å². The number of fused-ring (bicyclic) bond motifs is 1. The predicted molar refractivity (Wildman–Crippen MR) is 84.4 cm³/mol. The molecular weight excluding hydrogens is 286 g/mol. The van der Waals surface area contributed by atoms with Gasteiger partial charge in [-0.05, 0) is 32.0 Å². The maximum Gasteiger partial charge on any atom is 0.263 e. The Morgan fingerprint density at radius 2 is 2.48 bits per heavy atom. The lowest BCUT2D eigenvalue weighted by atomic mass is 10.2. The summed E-state index contributed by atoms with van der Waals surface area (Å²) in [5, 5.41) is 11.6. The third-order valence-corrected chi connectivity index (χ3v) is 5.13. The number of carbonyl (C=O) groups is 1. The second kappa shape index (κ2) is 5.95. The van der Waals surface area contributed by atoms with Gasteiger partial charge in [-0.2, -0.15) is 5.10 Å². The summed E-state index contributed by atoms with van der Waals surface area (Å²) in [7, 11) is 0. The van der Waals surface area contributed by atoms with Crippen LogP contribution >= 0.6 is 11.3 Å². The number of thiophene rings is 1. The molecule has 1 aliphatic heterocycles. The standard InChI is InChI=1S/C14H19N5OS/c1-2-19-7-3-4-9(19)8-16-13(20)12-11(15)10-5-6-17-18-14(10)21-12/h5-6,9H,2-4,7-8,15H2,1H3,(H,16,20). The van der Waals surface area contributed by atoms with Crippen LogP contribution in [-0.4, -0.2) is 46.7 Å². The molecule has 3 N–H and O–H groups in total. The van der Waals surface area contributed by atoms with Crippen molar-refractivity contribution >= 4 is 33.1 Å². The summed E-state index contributed by atoms with van der Waals surface area (Å²) in [4.78, 5) is 16.0. The summed E-state index contributed by atoms with van der Waals surface area (Å²) in [6, 6.07) is 2.23. The van der Waals surface area contributed by atoms with Crippen molar-refractivity contribution in [3.63, 3.8) is 0 Å². The molecule has 1 atom stereocenters. The highest BCUT2D eigenvalue weighted by Gasteiger charge is 2.24. The van der Waals surface area contributed by atoms with E-state index in [9.17, 15) is 4.79 Å². The highest BCUT2D eigenvalue weighted by atomic mass is 32.1. The van der Waals surface area contributed by atoms with Gasteiger partial charge in [0.1, 0.15) is 9.71 Å². The number of amides is 1. The second-order valence-electron chi connectivity index (χ2n) is 5.23. The quantitative estimate of drug-likeness (QED) is 0.894. The molecule has 0 bridgehead atoms. The van der Waals surface area contributed by atoms with Crippen LogP contribution in [0.4, 0.5) is 5.69 Å². The van der Waals surface area contributed by atoms with Gasteiger partial charge in [0.25, 0.3) is 5.91 Å². The first kappa shape index (κ1) is 14.2. The van der Waals surface area contributed by atoms with Crippen molar-refractivity contribution in [1.82, 2.24) is 20.4 Å². The van der Waals surface area contributed by atoms with Crippen molar-refractivity contribution in [3.05, 3.63) is 17.1 Å². The number of anilines is 1. The first-order chi connectivity index (χ1) is 10.2. The molecular formula is C14H19N5OS. The topological polar surface area (TPSA) is 84.1 Å². The fraction of sp³-hybridized carbons (Fsp3) is 0.500. The van der Waals surface area contributed by atoms with Crippen molar-refractivity contribution in [2.24, 2.45) is 0 Å². The van der Waals surface area contributed by atoms with E-state index in [-0.39, 0.29) is 5.91 Å². The third kappa shape index (κ3) is 2.71. The molecule has 0 saturated carbocycles. The number of nitrogens with two attached hydrogens (primary N) is 1. The van der Waals surface area contributed by atoms with Gasteiger partial charge >= 0.3 is 0 Å². The zero-order chi connectivity index (χ0) is 14.8. The summed E-state index contributed by atoms with van der Waals surface area (Å²) in [6.07, 6.45) is 3.93. The number of hydrogen-bond donors (Lipinski definition) is 2. The first-order valence-corrected chi connectivity index (χ1v) is 8.04. The molecule has 0 spiro atoms. The van der Waals surface area contributed by atoms with Crippen LogP contribution in [0.5, 0.6) is 0 Å². The number of likely N-dealkylation sites (N-methyl/N-ethyl adjacent to an activating group) is 1. The predicted octanol–water partition coefficient (Wildman–Crippen LogP) is 1.49. The molecule has 2 aromatic rings. The molecule has 0 radical (unpaired) electrons. The average molecular weight is 305 g/mol. The summed E-state index contributed by atoms with van der Waals surface area (Å²) < 4.78 is 0. The van der Waals surface area contributed by atoms with E-state index in [4.69, 9.17) is 5.73 Å². The number of nitrogens with zero attached hydrogens (tertiary/aromatic N) is 3. The van der Waals surface area contributed by atoms with E-state index in [1.165, 1.54) is 17.8 Å². The molecule has 3 rings (SSSR count). The molecule has 112 valence electrons. The zero-order valence-corrected chi connectivity index (χ0v) is 12.8. The van der Waals surface area contributed by atoms with Crippen LogP contribution in [0.2, 0.25) is 0 Å².